The highest BCUT2D eigenvalue weighted by Gasteiger charge is 2.28. The lowest BCUT2D eigenvalue weighted by molar-refractivity contribution is -0.161. The summed E-state index contributed by atoms with van der Waals surface area (Å²) in [5.41, 5.74) is 0. The van der Waals surface area contributed by atoms with Crippen LogP contribution < -0.4 is 0 Å². The summed E-state index contributed by atoms with van der Waals surface area (Å²) in [6.45, 7) is 4.49. The number of unbranched alkanes of at least 4 members (excludes halogenated alkanes) is 28. The van der Waals surface area contributed by atoms with Crippen LogP contribution in [0.4, 0.5) is 0 Å². The van der Waals surface area contributed by atoms with Crippen LogP contribution in [0.2, 0.25) is 0 Å². The molecule has 0 amide bonds. The molecular formula is C70H121O11P. The smallest absolute Gasteiger partial charge is 0.462 e. The number of carbonyl (C=O) groups is 3. The molecule has 0 aromatic heterocycles. The first-order valence-electron chi connectivity index (χ1n) is 33.1. The van der Waals surface area contributed by atoms with Gasteiger partial charge in [0, 0.05) is 19.3 Å². The standard InChI is InChI=1S/C70H121O11P/c1-4-7-10-13-16-19-22-25-28-31-33-36-38-41-44-47-50-53-56-59-68(72)77-63-67(81-70(74)61-58-55-52-49-46-43-40-37-34-32-29-26-23-20-17-14-11-8-5-2)65-79-82(75,76)78-64-66(62-71)80-69(73)60-57-54-51-48-45-42-39-35-30-27-24-21-18-15-12-9-6-3/h9,12,17-18,20-21,25-30,34,37,39,42,66-67,71H,4-8,10-11,13-16,19,22-24,31-33,35-36,38,40-41,43-65H2,1-3H3,(H,75,76)/b12-9-,20-17-,21-18-,28-25-,29-26-,30-27-,37-34-,42-39-. The summed E-state index contributed by atoms with van der Waals surface area (Å²) < 4.78 is 39.7. The molecule has 82 heavy (non-hydrogen) atoms. The van der Waals surface area contributed by atoms with E-state index in [1.54, 1.807) is 0 Å². The molecule has 3 atom stereocenters. The van der Waals surface area contributed by atoms with Crippen molar-refractivity contribution in [1.82, 2.24) is 0 Å². The topological polar surface area (TPSA) is 155 Å². The zero-order valence-corrected chi connectivity index (χ0v) is 53.3. The third-order valence-electron chi connectivity index (χ3n) is 14.0. The number of esters is 3. The Balaban J connectivity index is 4.75. The van der Waals surface area contributed by atoms with Gasteiger partial charge in [0.15, 0.2) is 6.10 Å². The Morgan fingerprint density at radius 3 is 1.01 bits per heavy atom. The van der Waals surface area contributed by atoms with Gasteiger partial charge < -0.3 is 24.2 Å². The molecule has 0 aliphatic heterocycles. The Hall–Kier alpha value is -3.60. The molecule has 2 N–H and O–H groups in total. The first-order chi connectivity index (χ1) is 40.2. The van der Waals surface area contributed by atoms with Crippen LogP contribution >= 0.6 is 7.82 Å². The van der Waals surface area contributed by atoms with Crippen molar-refractivity contribution < 1.29 is 52.2 Å². The maximum atomic E-state index is 13.0. The maximum absolute atomic E-state index is 13.0. The van der Waals surface area contributed by atoms with Gasteiger partial charge in [0.1, 0.15) is 12.7 Å². The second kappa shape index (κ2) is 63.4. The number of ether oxygens (including phenoxy) is 3. The fourth-order valence-corrected chi connectivity index (χ4v) is 9.72. The van der Waals surface area contributed by atoms with Crippen molar-refractivity contribution >= 4 is 25.7 Å². The van der Waals surface area contributed by atoms with Gasteiger partial charge in [-0.2, -0.15) is 0 Å². The summed E-state index contributed by atoms with van der Waals surface area (Å²) in [4.78, 5) is 48.8. The first-order valence-corrected chi connectivity index (χ1v) is 34.6. The van der Waals surface area contributed by atoms with E-state index in [2.05, 4.69) is 118 Å². The van der Waals surface area contributed by atoms with E-state index in [-0.39, 0.29) is 25.9 Å². The summed E-state index contributed by atoms with van der Waals surface area (Å²) in [5, 5.41) is 9.86. The van der Waals surface area contributed by atoms with Crippen LogP contribution in [0.15, 0.2) is 97.2 Å². The maximum Gasteiger partial charge on any atom is 0.472 e. The Kier molecular flexibility index (Phi) is 60.6. The molecule has 3 unspecified atom stereocenters. The van der Waals surface area contributed by atoms with Crippen molar-refractivity contribution in [3.8, 4) is 0 Å². The summed E-state index contributed by atoms with van der Waals surface area (Å²) in [7, 11) is -4.77. The number of phosphoric ester groups is 1. The van der Waals surface area contributed by atoms with Gasteiger partial charge >= 0.3 is 25.7 Å². The van der Waals surface area contributed by atoms with Gasteiger partial charge in [-0.1, -0.05) is 246 Å². The Morgan fingerprint density at radius 1 is 0.354 bits per heavy atom. The van der Waals surface area contributed by atoms with E-state index < -0.39 is 57.8 Å². The molecule has 0 aliphatic carbocycles. The molecule has 0 spiro atoms. The minimum absolute atomic E-state index is 0.145. The predicted octanol–water partition coefficient (Wildman–Crippen LogP) is 20.4. The van der Waals surface area contributed by atoms with Crippen LogP contribution in [0.5, 0.6) is 0 Å². The van der Waals surface area contributed by atoms with Gasteiger partial charge in [0.05, 0.1) is 19.8 Å². The fourth-order valence-electron chi connectivity index (χ4n) is 8.94. The van der Waals surface area contributed by atoms with Crippen molar-refractivity contribution in [3.63, 3.8) is 0 Å². The number of hydrogen-bond acceptors (Lipinski definition) is 10. The average Bonchev–Trinajstić information content (AvgIpc) is 3.49. The highest BCUT2D eigenvalue weighted by molar-refractivity contribution is 7.47. The largest absolute Gasteiger partial charge is 0.472 e. The van der Waals surface area contributed by atoms with Crippen LogP contribution in [-0.2, 0) is 42.2 Å². The molecule has 0 aromatic carbocycles. The van der Waals surface area contributed by atoms with E-state index in [0.717, 1.165) is 122 Å². The molecule has 0 aliphatic rings. The SMILES string of the molecule is CC/C=C\C/C=C\C/C=C\C/C=C\CCCCCCC(=O)OC(CO)COP(=O)(O)OCC(COC(=O)CCCCCCCCCCC/C=C\CCCCCCCC)OC(=O)CCCCCCCC/C=C\C/C=C\C/C=C\CCCCC. The molecule has 0 saturated heterocycles. The van der Waals surface area contributed by atoms with Gasteiger partial charge in [-0.05, 0) is 122 Å². The van der Waals surface area contributed by atoms with E-state index >= 15 is 0 Å². The molecule has 0 aromatic rings. The minimum Gasteiger partial charge on any atom is -0.462 e. The van der Waals surface area contributed by atoms with Crippen molar-refractivity contribution in [2.45, 2.75) is 303 Å². The van der Waals surface area contributed by atoms with Crippen LogP contribution in [0.25, 0.3) is 0 Å². The second-order valence-corrected chi connectivity index (χ2v) is 23.3. The van der Waals surface area contributed by atoms with Crippen LogP contribution in [0.3, 0.4) is 0 Å². The number of hydrogen-bond donors (Lipinski definition) is 2. The molecular weight excluding hydrogens is 1050 g/mol. The van der Waals surface area contributed by atoms with E-state index in [1.165, 1.54) is 109 Å². The summed E-state index contributed by atoms with van der Waals surface area (Å²) in [5.74, 6) is -1.50. The van der Waals surface area contributed by atoms with Gasteiger partial charge in [-0.3, -0.25) is 23.4 Å². The molecule has 0 radical (unpaired) electrons. The molecule has 0 saturated carbocycles. The Bertz CT molecular complexity index is 1750. The Labute approximate surface area is 502 Å². The van der Waals surface area contributed by atoms with Gasteiger partial charge in [-0.15, -0.1) is 0 Å². The van der Waals surface area contributed by atoms with E-state index in [4.69, 9.17) is 23.3 Å². The van der Waals surface area contributed by atoms with Crippen molar-refractivity contribution in [1.29, 1.82) is 0 Å². The van der Waals surface area contributed by atoms with Crippen molar-refractivity contribution in [3.05, 3.63) is 97.2 Å². The van der Waals surface area contributed by atoms with Gasteiger partial charge in [-0.25, -0.2) is 4.57 Å². The Morgan fingerprint density at radius 2 is 0.634 bits per heavy atom. The highest BCUT2D eigenvalue weighted by atomic mass is 31.2. The average molecular weight is 1170 g/mol. The lowest BCUT2D eigenvalue weighted by Crippen LogP contribution is -2.30. The number of aliphatic hydroxyl groups is 1. The monoisotopic (exact) mass is 1170 g/mol. The van der Waals surface area contributed by atoms with Crippen molar-refractivity contribution in [2.24, 2.45) is 0 Å². The minimum atomic E-state index is -4.77. The zero-order chi connectivity index (χ0) is 59.8. The zero-order valence-electron chi connectivity index (χ0n) is 52.4. The number of carbonyl (C=O) groups excluding carboxylic acids is 3. The van der Waals surface area contributed by atoms with E-state index in [9.17, 15) is 28.9 Å². The molecule has 0 rings (SSSR count). The normalized spacial score (nSPS) is 13.9. The van der Waals surface area contributed by atoms with E-state index in [1.807, 2.05) is 0 Å². The molecule has 12 heteroatoms. The first kappa shape index (κ1) is 78.4. The summed E-state index contributed by atoms with van der Waals surface area (Å²) in [6.07, 6.45) is 76.4. The fraction of sp³-hybridized carbons (Fsp3) is 0.729. The lowest BCUT2D eigenvalue weighted by atomic mass is 10.1. The van der Waals surface area contributed by atoms with Gasteiger partial charge in [0.25, 0.3) is 0 Å². The quantitative estimate of drug-likeness (QED) is 0.0197. The molecule has 11 nitrogen and oxygen atoms in total. The molecule has 0 heterocycles. The number of rotatable bonds is 61. The highest BCUT2D eigenvalue weighted by Crippen LogP contribution is 2.43. The summed E-state index contributed by atoms with van der Waals surface area (Å²) >= 11 is 0. The van der Waals surface area contributed by atoms with Gasteiger partial charge in [0.2, 0.25) is 0 Å². The number of aliphatic hydroxyl groups excluding tert-OH is 1. The third-order valence-corrected chi connectivity index (χ3v) is 14.9. The second-order valence-electron chi connectivity index (χ2n) is 21.9. The van der Waals surface area contributed by atoms with Crippen LogP contribution in [0.1, 0.15) is 290 Å². The van der Waals surface area contributed by atoms with Crippen LogP contribution in [-0.4, -0.2) is 66.5 Å². The number of phosphoric acid groups is 1. The molecule has 0 bridgehead atoms. The number of allylic oxidation sites excluding steroid dienone is 16. The summed E-state index contributed by atoms with van der Waals surface area (Å²) in [6, 6.07) is 0. The third kappa shape index (κ3) is 61.0. The lowest BCUT2D eigenvalue weighted by Gasteiger charge is -2.21. The molecule has 472 valence electrons. The van der Waals surface area contributed by atoms with Crippen LogP contribution in [0, 0.1) is 0 Å². The van der Waals surface area contributed by atoms with Crippen molar-refractivity contribution in [2.75, 3.05) is 26.4 Å². The predicted molar refractivity (Wildman–Crippen MR) is 344 cm³/mol. The van der Waals surface area contributed by atoms with E-state index in [0.29, 0.717) is 19.3 Å². The molecule has 0 fully saturated rings.